The van der Waals surface area contributed by atoms with Crippen LogP contribution < -0.4 is 10.4 Å². The predicted molar refractivity (Wildman–Crippen MR) is 122 cm³/mol. The Morgan fingerprint density at radius 3 is 1.33 bits per heavy atom. The van der Waals surface area contributed by atoms with E-state index in [-0.39, 0.29) is 0 Å². The summed E-state index contributed by atoms with van der Waals surface area (Å²) in [5, 5.41) is 2.14. The number of hydrogen-bond acceptors (Lipinski definition) is 4. The Morgan fingerprint density at radius 1 is 0.593 bits per heavy atom. The van der Waals surface area contributed by atoms with Crippen LogP contribution in [0.4, 0.5) is 0 Å². The molecular weight excluding hydrogens is 405 g/mol. The number of hydrogen-bond donors (Lipinski definition) is 1. The maximum absolute atomic E-state index is 10.4. The summed E-state index contributed by atoms with van der Waals surface area (Å²) in [7, 11) is -10.4. The molecule has 27 heavy (non-hydrogen) atoms. The molecule has 0 fully saturated rings. The van der Waals surface area contributed by atoms with E-state index in [1.807, 2.05) is 49.5 Å². The summed E-state index contributed by atoms with van der Waals surface area (Å²) in [6.45, 7) is 14.1. The fourth-order valence-electron chi connectivity index (χ4n) is 3.14. The lowest BCUT2D eigenvalue weighted by molar-refractivity contribution is 0.303. The highest BCUT2D eigenvalue weighted by Crippen LogP contribution is 2.24. The van der Waals surface area contributed by atoms with Gasteiger partial charge in [0.1, 0.15) is 0 Å². The maximum Gasteiger partial charge on any atom is 0.388 e. The van der Waals surface area contributed by atoms with E-state index < -0.39 is 34.0 Å². The van der Waals surface area contributed by atoms with E-state index in [2.05, 4.69) is 43.9 Å². The van der Waals surface area contributed by atoms with E-state index >= 15 is 0 Å². The highest BCUT2D eigenvalue weighted by Gasteiger charge is 2.51. The highest BCUT2D eigenvalue weighted by molar-refractivity contribution is 7.02. The van der Waals surface area contributed by atoms with Crippen LogP contribution in [0.25, 0.3) is 0 Å². The Morgan fingerprint density at radius 2 is 1.00 bits per heavy atom. The summed E-state index contributed by atoms with van der Waals surface area (Å²) in [5.41, 5.74) is 0. The molecule has 0 aliphatic rings. The summed E-state index contributed by atoms with van der Waals surface area (Å²) >= 11 is 0. The summed E-state index contributed by atoms with van der Waals surface area (Å²) in [4.78, 5) is 10.4. The van der Waals surface area contributed by atoms with Crippen molar-refractivity contribution < 1.29 is 17.1 Å². The second-order valence-electron chi connectivity index (χ2n) is 8.61. The molecule has 0 radical (unpaired) electrons. The molecule has 0 aliphatic heterocycles. The van der Waals surface area contributed by atoms with Gasteiger partial charge in [-0.05, 0) is 56.2 Å². The number of rotatable bonds is 8. The number of benzene rings is 2. The Kier molecular flexibility index (Phi) is 6.86. The molecule has 0 saturated carbocycles. The van der Waals surface area contributed by atoms with Gasteiger partial charge in [0.05, 0.1) is 0 Å². The molecule has 0 unspecified atom stereocenters. The van der Waals surface area contributed by atoms with Gasteiger partial charge in [0.2, 0.25) is 0 Å². The first-order valence-electron chi connectivity index (χ1n) is 9.27. The third-order valence-corrected chi connectivity index (χ3v) is 16.5. The smallest absolute Gasteiger partial charge is 0.388 e. The van der Waals surface area contributed by atoms with E-state index in [1.54, 1.807) is 13.1 Å². The third-order valence-electron chi connectivity index (χ3n) is 3.64. The average Bonchev–Trinajstić information content (AvgIpc) is 2.52. The summed E-state index contributed by atoms with van der Waals surface area (Å²) < 4.78 is 19.9. The first kappa shape index (κ1) is 22.4. The van der Waals surface area contributed by atoms with Gasteiger partial charge in [-0.25, -0.2) is 0 Å². The summed E-state index contributed by atoms with van der Waals surface area (Å²) in [6, 6.07) is 20.5. The fourth-order valence-corrected chi connectivity index (χ4v) is 18.7. The molecule has 0 saturated heterocycles. The van der Waals surface area contributed by atoms with E-state index in [1.165, 1.54) is 0 Å². The SMILES string of the molecule is C[Si](C)(C)O[Si](O[Si](C)(C)O[Si](C)(C)O)(c1ccccc1)c1ccccc1. The molecule has 0 bridgehead atoms. The quantitative estimate of drug-likeness (QED) is 0.643. The molecule has 0 aromatic heterocycles. The van der Waals surface area contributed by atoms with Crippen molar-refractivity contribution in [2.24, 2.45) is 0 Å². The minimum atomic E-state index is -3.01. The largest absolute Gasteiger partial charge is 0.430 e. The highest BCUT2D eigenvalue weighted by atomic mass is 28.5. The van der Waals surface area contributed by atoms with Gasteiger partial charge >= 0.3 is 25.7 Å². The van der Waals surface area contributed by atoms with Crippen LogP contribution in [0.5, 0.6) is 0 Å². The molecule has 0 spiro atoms. The first-order valence-corrected chi connectivity index (χ1v) is 20.2. The van der Waals surface area contributed by atoms with Crippen LogP contribution >= 0.6 is 0 Å². The lowest BCUT2D eigenvalue weighted by atomic mass is 10.4. The minimum Gasteiger partial charge on any atom is -0.430 e. The normalized spacial score (nSPS) is 13.6. The zero-order valence-electron chi connectivity index (χ0n) is 17.4. The van der Waals surface area contributed by atoms with Crippen molar-refractivity contribution in [3.05, 3.63) is 60.7 Å². The van der Waals surface area contributed by atoms with Crippen molar-refractivity contribution in [1.82, 2.24) is 0 Å². The van der Waals surface area contributed by atoms with Crippen molar-refractivity contribution in [3.8, 4) is 0 Å². The van der Waals surface area contributed by atoms with Crippen LogP contribution in [0.1, 0.15) is 0 Å². The zero-order chi connectivity index (χ0) is 20.3. The molecule has 2 aromatic carbocycles. The van der Waals surface area contributed by atoms with Crippen molar-refractivity contribution in [3.63, 3.8) is 0 Å². The van der Waals surface area contributed by atoms with Gasteiger partial charge in [0.25, 0.3) is 0 Å². The molecule has 0 atom stereocenters. The van der Waals surface area contributed by atoms with E-state index in [0.717, 1.165) is 10.4 Å². The minimum absolute atomic E-state index is 1.07. The van der Waals surface area contributed by atoms with Crippen LogP contribution in [-0.2, 0) is 12.3 Å². The standard InChI is InChI=1S/C19H32O4Si4/c1-24(2,3)21-27(18-14-10-8-11-15-18,19-16-12-9-13-17-19)23-26(6,7)22-25(4,5)20/h8-17,20H,1-7H3. The van der Waals surface area contributed by atoms with Crippen LogP contribution in [-0.4, -0.2) is 38.8 Å². The topological polar surface area (TPSA) is 47.9 Å². The molecule has 2 aromatic rings. The van der Waals surface area contributed by atoms with Gasteiger partial charge < -0.3 is 17.1 Å². The van der Waals surface area contributed by atoms with Crippen LogP contribution in [0.3, 0.4) is 0 Å². The molecule has 148 valence electrons. The summed E-state index contributed by atoms with van der Waals surface area (Å²) in [5.74, 6) is 0. The molecule has 2 rings (SSSR count). The predicted octanol–water partition coefficient (Wildman–Crippen LogP) is 3.52. The van der Waals surface area contributed by atoms with Gasteiger partial charge in [-0.2, -0.15) is 0 Å². The third kappa shape index (κ3) is 6.61. The Labute approximate surface area is 168 Å². The van der Waals surface area contributed by atoms with Gasteiger partial charge in [0, 0.05) is 0 Å². The maximum atomic E-state index is 10.4. The molecule has 1 N–H and O–H groups in total. The molecule has 4 nitrogen and oxygen atoms in total. The van der Waals surface area contributed by atoms with Crippen LogP contribution in [0.15, 0.2) is 60.7 Å². The van der Waals surface area contributed by atoms with Crippen molar-refractivity contribution in [1.29, 1.82) is 0 Å². The van der Waals surface area contributed by atoms with Crippen molar-refractivity contribution in [2.45, 2.75) is 45.8 Å². The van der Waals surface area contributed by atoms with Gasteiger partial charge in [-0.15, -0.1) is 0 Å². The van der Waals surface area contributed by atoms with E-state index in [4.69, 9.17) is 12.3 Å². The Balaban J connectivity index is 2.65. The van der Waals surface area contributed by atoms with E-state index in [0.29, 0.717) is 0 Å². The fraction of sp³-hybridized carbons (Fsp3) is 0.368. The zero-order valence-corrected chi connectivity index (χ0v) is 21.4. The van der Waals surface area contributed by atoms with Gasteiger partial charge in [-0.1, -0.05) is 60.7 Å². The second-order valence-corrected chi connectivity index (χ2v) is 23.4. The Hall–Kier alpha value is -0.852. The van der Waals surface area contributed by atoms with Crippen molar-refractivity contribution >= 4 is 44.4 Å². The van der Waals surface area contributed by atoms with Gasteiger partial charge in [0.15, 0.2) is 8.32 Å². The first-order chi connectivity index (χ1) is 12.3. The summed E-state index contributed by atoms with van der Waals surface area (Å²) in [6.07, 6.45) is 0. The Bertz CT molecular complexity index is 685. The molecular formula is C19H32O4Si4. The lowest BCUT2D eigenvalue weighted by Crippen LogP contribution is -2.71. The average molecular weight is 437 g/mol. The molecule has 0 amide bonds. The van der Waals surface area contributed by atoms with Crippen molar-refractivity contribution in [2.75, 3.05) is 0 Å². The lowest BCUT2D eigenvalue weighted by Gasteiger charge is -2.42. The molecule has 0 heterocycles. The van der Waals surface area contributed by atoms with Crippen LogP contribution in [0, 0.1) is 0 Å². The molecule has 0 aliphatic carbocycles. The van der Waals surface area contributed by atoms with E-state index in [9.17, 15) is 4.80 Å². The molecule has 8 heteroatoms. The van der Waals surface area contributed by atoms with Gasteiger partial charge in [-0.3, -0.25) is 0 Å². The second kappa shape index (κ2) is 8.25. The van der Waals surface area contributed by atoms with Crippen LogP contribution in [0.2, 0.25) is 45.8 Å². The monoisotopic (exact) mass is 436 g/mol.